The lowest BCUT2D eigenvalue weighted by molar-refractivity contribution is -0.121. The first kappa shape index (κ1) is 17.1. The molecule has 0 aromatic carbocycles. The van der Waals surface area contributed by atoms with Crippen molar-refractivity contribution in [3.8, 4) is 5.82 Å². The molecular formula is C17H24N4O2. The molecule has 2 aromatic rings. The molecule has 6 nitrogen and oxygen atoms in total. The zero-order valence-electron chi connectivity index (χ0n) is 14.1. The van der Waals surface area contributed by atoms with Crippen LogP contribution in [0.5, 0.6) is 0 Å². The molecule has 6 heteroatoms. The van der Waals surface area contributed by atoms with Crippen LogP contribution in [-0.2, 0) is 11.2 Å². The maximum Gasteiger partial charge on any atom is 0.224 e. The Morgan fingerprint density at radius 2 is 2.09 bits per heavy atom. The average Bonchev–Trinajstić information content (AvgIpc) is 2.81. The van der Waals surface area contributed by atoms with Crippen molar-refractivity contribution < 1.29 is 9.90 Å². The van der Waals surface area contributed by atoms with Crippen molar-refractivity contribution in [3.05, 3.63) is 41.3 Å². The van der Waals surface area contributed by atoms with Crippen molar-refractivity contribution in [2.45, 2.75) is 40.2 Å². The summed E-state index contributed by atoms with van der Waals surface area (Å²) in [7, 11) is 0. The first-order valence-electron chi connectivity index (χ1n) is 7.80. The standard InChI is InChI=1S/C17H24N4O2/c1-11(2)15(10-22)19-17(23)9-14-12(3)20-21(13(14)4)16-7-5-6-8-18-16/h5-8,11,15,22H,9-10H2,1-4H3,(H,19,23)/t15-/m0/s1. The summed E-state index contributed by atoms with van der Waals surface area (Å²) in [6.45, 7) is 7.70. The van der Waals surface area contributed by atoms with Crippen molar-refractivity contribution in [2.24, 2.45) is 5.92 Å². The van der Waals surface area contributed by atoms with Gasteiger partial charge in [0.15, 0.2) is 5.82 Å². The molecule has 0 saturated carbocycles. The van der Waals surface area contributed by atoms with Crippen LogP contribution in [0.2, 0.25) is 0 Å². The number of nitrogens with one attached hydrogen (secondary N) is 1. The predicted octanol–water partition coefficient (Wildman–Crippen LogP) is 1.56. The number of pyridine rings is 1. The van der Waals surface area contributed by atoms with Gasteiger partial charge in [-0.2, -0.15) is 5.10 Å². The highest BCUT2D eigenvalue weighted by molar-refractivity contribution is 5.79. The molecule has 2 heterocycles. The van der Waals surface area contributed by atoms with Crippen LogP contribution in [0.1, 0.15) is 30.8 Å². The van der Waals surface area contributed by atoms with Crippen LogP contribution < -0.4 is 5.32 Å². The number of nitrogens with zero attached hydrogens (tertiary/aromatic N) is 3. The summed E-state index contributed by atoms with van der Waals surface area (Å²) in [6, 6.07) is 5.41. The van der Waals surface area contributed by atoms with Crippen LogP contribution in [-0.4, -0.2) is 38.4 Å². The van der Waals surface area contributed by atoms with Crippen molar-refractivity contribution in [1.82, 2.24) is 20.1 Å². The molecule has 0 aliphatic carbocycles. The van der Waals surface area contributed by atoms with E-state index in [2.05, 4.69) is 15.4 Å². The summed E-state index contributed by atoms with van der Waals surface area (Å²) in [4.78, 5) is 16.6. The number of amides is 1. The largest absolute Gasteiger partial charge is 0.394 e. The van der Waals surface area contributed by atoms with Gasteiger partial charge < -0.3 is 10.4 Å². The molecule has 0 fully saturated rings. The van der Waals surface area contributed by atoms with Gasteiger partial charge in [-0.1, -0.05) is 19.9 Å². The Bertz CT molecular complexity index is 665. The van der Waals surface area contributed by atoms with Crippen LogP contribution in [0, 0.1) is 19.8 Å². The molecule has 124 valence electrons. The Morgan fingerprint density at radius 1 is 1.35 bits per heavy atom. The fourth-order valence-electron chi connectivity index (χ4n) is 2.47. The van der Waals surface area contributed by atoms with Gasteiger partial charge >= 0.3 is 0 Å². The van der Waals surface area contributed by atoms with Gasteiger partial charge in [0, 0.05) is 17.5 Å². The topological polar surface area (TPSA) is 80.0 Å². The normalized spacial score (nSPS) is 12.4. The molecule has 0 radical (unpaired) electrons. The molecular weight excluding hydrogens is 292 g/mol. The molecule has 0 saturated heterocycles. The number of aryl methyl sites for hydroxylation is 1. The van der Waals surface area contributed by atoms with E-state index in [0.717, 1.165) is 22.8 Å². The molecule has 23 heavy (non-hydrogen) atoms. The number of hydrogen-bond donors (Lipinski definition) is 2. The van der Waals surface area contributed by atoms with Crippen LogP contribution in [0.25, 0.3) is 5.82 Å². The molecule has 0 spiro atoms. The van der Waals surface area contributed by atoms with Gasteiger partial charge in [0.1, 0.15) is 0 Å². The lowest BCUT2D eigenvalue weighted by atomic mass is 10.0. The minimum absolute atomic E-state index is 0.0609. The first-order valence-corrected chi connectivity index (χ1v) is 7.80. The maximum absolute atomic E-state index is 12.3. The number of carbonyl (C=O) groups is 1. The number of aromatic nitrogens is 3. The fraction of sp³-hybridized carbons (Fsp3) is 0.471. The van der Waals surface area contributed by atoms with Crippen LogP contribution in [0.4, 0.5) is 0 Å². The van der Waals surface area contributed by atoms with Crippen molar-refractivity contribution >= 4 is 5.91 Å². The molecule has 0 aliphatic heterocycles. The molecule has 2 N–H and O–H groups in total. The number of aliphatic hydroxyl groups excluding tert-OH is 1. The minimum Gasteiger partial charge on any atom is -0.394 e. The van der Waals surface area contributed by atoms with E-state index in [4.69, 9.17) is 0 Å². The lowest BCUT2D eigenvalue weighted by Crippen LogP contribution is -2.41. The van der Waals surface area contributed by atoms with E-state index in [0.29, 0.717) is 0 Å². The third-order valence-corrected chi connectivity index (χ3v) is 3.99. The average molecular weight is 316 g/mol. The number of carbonyl (C=O) groups excluding carboxylic acids is 1. The second-order valence-corrected chi connectivity index (χ2v) is 6.03. The quantitative estimate of drug-likeness (QED) is 0.847. The van der Waals surface area contributed by atoms with Crippen molar-refractivity contribution in [3.63, 3.8) is 0 Å². The van der Waals surface area contributed by atoms with Crippen molar-refractivity contribution in [1.29, 1.82) is 0 Å². The van der Waals surface area contributed by atoms with Crippen LogP contribution in [0.15, 0.2) is 24.4 Å². The number of rotatable bonds is 6. The summed E-state index contributed by atoms with van der Waals surface area (Å²) < 4.78 is 1.75. The third-order valence-electron chi connectivity index (χ3n) is 3.99. The van der Waals surface area contributed by atoms with Gasteiger partial charge in [-0.25, -0.2) is 9.67 Å². The van der Waals surface area contributed by atoms with Gasteiger partial charge in [0.25, 0.3) is 0 Å². The summed E-state index contributed by atoms with van der Waals surface area (Å²) in [5.41, 5.74) is 2.61. The zero-order chi connectivity index (χ0) is 17.0. The highest BCUT2D eigenvalue weighted by atomic mass is 16.3. The third kappa shape index (κ3) is 3.96. The van der Waals surface area contributed by atoms with E-state index in [-0.39, 0.29) is 30.9 Å². The summed E-state index contributed by atoms with van der Waals surface area (Å²) >= 11 is 0. The van der Waals surface area contributed by atoms with Crippen LogP contribution in [0.3, 0.4) is 0 Å². The Hall–Kier alpha value is -2.21. The first-order chi connectivity index (χ1) is 10.9. The molecule has 0 bridgehead atoms. The number of aliphatic hydroxyl groups is 1. The van der Waals surface area contributed by atoms with Gasteiger partial charge in [0.2, 0.25) is 5.91 Å². The van der Waals surface area contributed by atoms with Crippen LogP contribution >= 0.6 is 0 Å². The fourth-order valence-corrected chi connectivity index (χ4v) is 2.47. The van der Waals surface area contributed by atoms with Gasteiger partial charge in [-0.15, -0.1) is 0 Å². The summed E-state index contributed by atoms with van der Waals surface area (Å²) in [5, 5.41) is 16.7. The van der Waals surface area contributed by atoms with Gasteiger partial charge in [-0.3, -0.25) is 4.79 Å². The molecule has 0 unspecified atom stereocenters. The summed E-state index contributed by atoms with van der Waals surface area (Å²) in [5.74, 6) is 0.807. The monoisotopic (exact) mass is 316 g/mol. The molecule has 2 rings (SSSR count). The van der Waals surface area contributed by atoms with E-state index in [9.17, 15) is 9.90 Å². The molecule has 0 aliphatic rings. The highest BCUT2D eigenvalue weighted by Gasteiger charge is 2.19. The Morgan fingerprint density at radius 3 is 2.65 bits per heavy atom. The highest BCUT2D eigenvalue weighted by Crippen LogP contribution is 2.17. The molecule has 1 amide bonds. The van der Waals surface area contributed by atoms with Gasteiger partial charge in [0.05, 0.1) is 24.8 Å². The van der Waals surface area contributed by atoms with E-state index in [1.165, 1.54) is 0 Å². The van der Waals surface area contributed by atoms with E-state index < -0.39 is 0 Å². The second kappa shape index (κ2) is 7.37. The van der Waals surface area contributed by atoms with E-state index in [1.54, 1.807) is 10.9 Å². The SMILES string of the molecule is Cc1nn(-c2ccccn2)c(C)c1CC(=O)N[C@@H](CO)C(C)C. The smallest absolute Gasteiger partial charge is 0.224 e. The maximum atomic E-state index is 12.3. The second-order valence-electron chi connectivity index (χ2n) is 6.03. The number of hydrogen-bond acceptors (Lipinski definition) is 4. The Labute approximate surface area is 136 Å². The summed E-state index contributed by atoms with van der Waals surface area (Å²) in [6.07, 6.45) is 1.96. The molecule has 1 atom stereocenters. The van der Waals surface area contributed by atoms with E-state index >= 15 is 0 Å². The minimum atomic E-state index is -0.228. The molecule has 2 aromatic heterocycles. The predicted molar refractivity (Wildman–Crippen MR) is 88.4 cm³/mol. The lowest BCUT2D eigenvalue weighted by Gasteiger charge is -2.19. The van der Waals surface area contributed by atoms with E-state index in [1.807, 2.05) is 45.9 Å². The van der Waals surface area contributed by atoms with Gasteiger partial charge in [-0.05, 0) is 31.9 Å². The zero-order valence-corrected chi connectivity index (χ0v) is 14.1. The van der Waals surface area contributed by atoms with Crippen molar-refractivity contribution in [2.75, 3.05) is 6.61 Å². The Balaban J connectivity index is 2.18. The Kier molecular flexibility index (Phi) is 5.50.